The van der Waals surface area contributed by atoms with E-state index < -0.39 is 4.92 Å². The van der Waals surface area contributed by atoms with E-state index in [0.29, 0.717) is 17.1 Å². The number of aryl methyl sites for hydroxylation is 1. The predicted molar refractivity (Wildman–Crippen MR) is 73.1 cm³/mol. The number of rotatable bonds is 3. The van der Waals surface area contributed by atoms with Gasteiger partial charge in [0.2, 0.25) is 0 Å². The number of pyridine rings is 1. The molecule has 2 heterocycles. The molecule has 0 radical (unpaired) electrons. The molecular weight excluding hydrogens is 258 g/mol. The maximum atomic E-state index is 10.7. The number of fused-ring (bicyclic) bond motifs is 1. The van der Waals surface area contributed by atoms with Gasteiger partial charge in [0.25, 0.3) is 5.69 Å². The van der Waals surface area contributed by atoms with Crippen LogP contribution in [0, 0.1) is 17.0 Å². The smallest absolute Gasteiger partial charge is 0.269 e. The normalized spacial score (nSPS) is 10.7. The van der Waals surface area contributed by atoms with Crippen LogP contribution >= 0.6 is 0 Å². The first-order valence-electron chi connectivity index (χ1n) is 6.00. The van der Waals surface area contributed by atoms with Crippen LogP contribution in [-0.2, 0) is 0 Å². The number of nitro groups is 1. The van der Waals surface area contributed by atoms with Crippen LogP contribution in [0.5, 0.6) is 11.5 Å². The summed E-state index contributed by atoms with van der Waals surface area (Å²) >= 11 is 0. The van der Waals surface area contributed by atoms with Crippen LogP contribution in [0.3, 0.4) is 0 Å². The third-order valence-electron chi connectivity index (χ3n) is 2.97. The highest BCUT2D eigenvalue weighted by Crippen LogP contribution is 2.28. The molecule has 0 saturated carbocycles. The van der Waals surface area contributed by atoms with Gasteiger partial charge in [0.1, 0.15) is 11.5 Å². The van der Waals surface area contributed by atoms with E-state index in [9.17, 15) is 10.1 Å². The first-order chi connectivity index (χ1) is 9.63. The number of aromatic nitrogens is 2. The van der Waals surface area contributed by atoms with Gasteiger partial charge in [0.05, 0.1) is 16.6 Å². The molecule has 0 aliphatic heterocycles. The molecule has 0 aliphatic rings. The van der Waals surface area contributed by atoms with Gasteiger partial charge in [-0.25, -0.2) is 4.52 Å². The molecule has 6 nitrogen and oxygen atoms in total. The lowest BCUT2D eigenvalue weighted by Crippen LogP contribution is -1.93. The van der Waals surface area contributed by atoms with E-state index >= 15 is 0 Å². The van der Waals surface area contributed by atoms with E-state index in [0.717, 1.165) is 5.52 Å². The summed E-state index contributed by atoms with van der Waals surface area (Å²) in [7, 11) is 0. The summed E-state index contributed by atoms with van der Waals surface area (Å²) in [6.07, 6.45) is 3.46. The molecule has 3 rings (SSSR count). The summed E-state index contributed by atoms with van der Waals surface area (Å²) in [4.78, 5) is 10.3. The second-order valence-corrected chi connectivity index (χ2v) is 4.37. The zero-order valence-corrected chi connectivity index (χ0v) is 10.7. The first-order valence-corrected chi connectivity index (χ1v) is 6.00. The van der Waals surface area contributed by atoms with Crippen molar-refractivity contribution in [3.8, 4) is 11.5 Å². The second kappa shape index (κ2) is 4.65. The lowest BCUT2D eigenvalue weighted by Gasteiger charge is -2.08. The number of nitro benzene ring substituents is 1. The van der Waals surface area contributed by atoms with Gasteiger partial charge in [-0.3, -0.25) is 10.1 Å². The quantitative estimate of drug-likeness (QED) is 0.540. The van der Waals surface area contributed by atoms with Crippen molar-refractivity contribution in [3.05, 3.63) is 64.5 Å². The maximum Gasteiger partial charge on any atom is 0.269 e. The third-order valence-corrected chi connectivity index (χ3v) is 2.97. The fourth-order valence-corrected chi connectivity index (χ4v) is 1.94. The lowest BCUT2D eigenvalue weighted by molar-refractivity contribution is -0.384. The van der Waals surface area contributed by atoms with Gasteiger partial charge < -0.3 is 4.74 Å². The summed E-state index contributed by atoms with van der Waals surface area (Å²) in [5.41, 5.74) is 1.73. The zero-order valence-electron chi connectivity index (χ0n) is 10.7. The van der Waals surface area contributed by atoms with Crippen molar-refractivity contribution in [2.75, 3.05) is 0 Å². The SMILES string of the molecule is Cc1cc([N+](=O)[O-])ccc1Oc1ccc2ccnn2c1. The maximum absolute atomic E-state index is 10.7. The molecule has 0 saturated heterocycles. The molecule has 0 N–H and O–H groups in total. The molecule has 0 spiro atoms. The van der Waals surface area contributed by atoms with Crippen LogP contribution in [0.15, 0.2) is 48.8 Å². The fraction of sp³-hybridized carbons (Fsp3) is 0.0714. The lowest BCUT2D eigenvalue weighted by atomic mass is 10.2. The van der Waals surface area contributed by atoms with Gasteiger partial charge in [-0.2, -0.15) is 5.10 Å². The van der Waals surface area contributed by atoms with Gasteiger partial charge in [-0.15, -0.1) is 0 Å². The number of non-ortho nitro benzene ring substituents is 1. The molecule has 3 aromatic rings. The predicted octanol–water partition coefficient (Wildman–Crippen LogP) is 3.34. The Morgan fingerprint density at radius 3 is 2.85 bits per heavy atom. The fourth-order valence-electron chi connectivity index (χ4n) is 1.94. The van der Waals surface area contributed by atoms with Gasteiger partial charge in [-0.05, 0) is 36.8 Å². The van der Waals surface area contributed by atoms with Gasteiger partial charge >= 0.3 is 0 Å². The number of ether oxygens (including phenoxy) is 1. The van der Waals surface area contributed by atoms with Crippen LogP contribution < -0.4 is 4.74 Å². The standard InChI is InChI=1S/C14H11N3O3/c1-10-8-12(17(18)19)3-5-14(10)20-13-4-2-11-6-7-15-16(11)9-13/h2-9H,1H3. The average molecular weight is 269 g/mol. The number of hydrogen-bond acceptors (Lipinski definition) is 4. The Balaban J connectivity index is 1.92. The highest BCUT2D eigenvalue weighted by atomic mass is 16.6. The highest BCUT2D eigenvalue weighted by molar-refractivity contribution is 5.49. The molecule has 0 atom stereocenters. The van der Waals surface area contributed by atoms with E-state index in [1.807, 2.05) is 18.2 Å². The second-order valence-electron chi connectivity index (χ2n) is 4.37. The minimum Gasteiger partial charge on any atom is -0.455 e. The van der Waals surface area contributed by atoms with Crippen LogP contribution in [0.2, 0.25) is 0 Å². The van der Waals surface area contributed by atoms with Gasteiger partial charge in [-0.1, -0.05) is 0 Å². The summed E-state index contributed by atoms with van der Waals surface area (Å²) in [6.45, 7) is 1.77. The summed E-state index contributed by atoms with van der Waals surface area (Å²) < 4.78 is 7.44. The molecule has 100 valence electrons. The Morgan fingerprint density at radius 1 is 1.25 bits per heavy atom. The number of nitrogens with zero attached hydrogens (tertiary/aromatic N) is 3. The van der Waals surface area contributed by atoms with Crippen LogP contribution in [0.1, 0.15) is 5.56 Å². The molecular formula is C14H11N3O3. The van der Waals surface area contributed by atoms with Crippen molar-refractivity contribution < 1.29 is 9.66 Å². The Labute approximate surface area is 114 Å². The molecule has 20 heavy (non-hydrogen) atoms. The van der Waals surface area contributed by atoms with Crippen molar-refractivity contribution in [1.29, 1.82) is 0 Å². The van der Waals surface area contributed by atoms with Crippen molar-refractivity contribution in [2.24, 2.45) is 0 Å². The highest BCUT2D eigenvalue weighted by Gasteiger charge is 2.09. The van der Waals surface area contributed by atoms with E-state index in [1.54, 1.807) is 29.9 Å². The Morgan fingerprint density at radius 2 is 2.10 bits per heavy atom. The Kier molecular flexibility index (Phi) is 2.83. The first kappa shape index (κ1) is 12.2. The molecule has 0 bridgehead atoms. The van der Waals surface area contributed by atoms with Gasteiger partial charge in [0, 0.05) is 18.3 Å². The van der Waals surface area contributed by atoms with E-state index in [1.165, 1.54) is 12.1 Å². The topological polar surface area (TPSA) is 69.7 Å². The van der Waals surface area contributed by atoms with Crippen LogP contribution in [0.4, 0.5) is 5.69 Å². The van der Waals surface area contributed by atoms with E-state index in [-0.39, 0.29) is 5.69 Å². The summed E-state index contributed by atoms with van der Waals surface area (Å²) in [5.74, 6) is 1.21. The van der Waals surface area contributed by atoms with E-state index in [4.69, 9.17) is 4.74 Å². The zero-order chi connectivity index (χ0) is 14.1. The molecule has 0 amide bonds. The van der Waals surface area contributed by atoms with E-state index in [2.05, 4.69) is 5.10 Å². The van der Waals surface area contributed by atoms with Crippen molar-refractivity contribution >= 4 is 11.2 Å². The molecule has 6 heteroatoms. The van der Waals surface area contributed by atoms with Crippen LogP contribution in [0.25, 0.3) is 5.52 Å². The molecule has 1 aromatic carbocycles. The Bertz CT molecular complexity index is 795. The number of benzene rings is 1. The monoisotopic (exact) mass is 269 g/mol. The summed E-state index contributed by atoms with van der Waals surface area (Å²) in [5, 5.41) is 14.8. The van der Waals surface area contributed by atoms with Crippen molar-refractivity contribution in [2.45, 2.75) is 6.92 Å². The minimum atomic E-state index is -0.424. The molecule has 0 aliphatic carbocycles. The third kappa shape index (κ3) is 2.18. The van der Waals surface area contributed by atoms with Crippen molar-refractivity contribution in [1.82, 2.24) is 9.61 Å². The largest absolute Gasteiger partial charge is 0.455 e. The number of hydrogen-bond donors (Lipinski definition) is 0. The average Bonchev–Trinajstić information content (AvgIpc) is 2.88. The van der Waals surface area contributed by atoms with Crippen LogP contribution in [-0.4, -0.2) is 14.5 Å². The summed E-state index contributed by atoms with van der Waals surface area (Å²) in [6, 6.07) is 10.1. The molecule has 0 fully saturated rings. The van der Waals surface area contributed by atoms with Crippen molar-refractivity contribution in [3.63, 3.8) is 0 Å². The minimum absolute atomic E-state index is 0.0531. The molecule has 2 aromatic heterocycles. The Hall–Kier alpha value is -2.89. The van der Waals surface area contributed by atoms with Gasteiger partial charge in [0.15, 0.2) is 0 Å². The molecule has 0 unspecified atom stereocenters.